The smallest absolute Gasteiger partial charge is 0.0634 e. The van der Waals surface area contributed by atoms with Gasteiger partial charge in [-0.05, 0) is 36.0 Å². The molecule has 3 heteroatoms. The largest absolute Gasteiger partial charge is 0.392 e. The molecule has 0 radical (unpaired) electrons. The van der Waals surface area contributed by atoms with E-state index in [9.17, 15) is 5.11 Å². The van der Waals surface area contributed by atoms with Crippen molar-refractivity contribution in [3.8, 4) is 0 Å². The molecule has 1 N–H and O–H groups in total. The molecule has 0 amide bonds. The van der Waals surface area contributed by atoms with E-state index in [-0.39, 0.29) is 11.5 Å². The molecule has 100 valence electrons. The maximum atomic E-state index is 10.5. The number of hydrogen-bond donors (Lipinski definition) is 1. The lowest BCUT2D eigenvalue weighted by atomic mass is 9.70. The predicted molar refractivity (Wildman–Crippen MR) is 77.4 cm³/mol. The minimum absolute atomic E-state index is 0.0429. The second-order valence-corrected chi connectivity index (χ2v) is 6.51. The SMILES string of the molecule is CC1(C(O)Cc2ccc(Cl)cc2Cl)CCCCC1. The third-order valence-corrected chi connectivity index (χ3v) is 4.82. The van der Waals surface area contributed by atoms with Crippen molar-refractivity contribution in [1.29, 1.82) is 0 Å². The molecule has 0 aromatic heterocycles. The minimum Gasteiger partial charge on any atom is -0.392 e. The molecule has 0 bridgehead atoms. The summed E-state index contributed by atoms with van der Waals surface area (Å²) in [5.41, 5.74) is 1.03. The molecular formula is C15H20Cl2O. The van der Waals surface area contributed by atoms with Crippen molar-refractivity contribution in [2.45, 2.75) is 51.6 Å². The summed E-state index contributed by atoms with van der Waals surface area (Å²) in [5, 5.41) is 11.8. The summed E-state index contributed by atoms with van der Waals surface area (Å²) in [6, 6.07) is 5.49. The first-order valence-electron chi connectivity index (χ1n) is 6.63. The van der Waals surface area contributed by atoms with Crippen LogP contribution < -0.4 is 0 Å². The highest BCUT2D eigenvalue weighted by Crippen LogP contribution is 2.40. The van der Waals surface area contributed by atoms with Crippen LogP contribution in [0.1, 0.15) is 44.6 Å². The number of aliphatic hydroxyl groups excluding tert-OH is 1. The first-order chi connectivity index (χ1) is 8.51. The van der Waals surface area contributed by atoms with Gasteiger partial charge in [-0.25, -0.2) is 0 Å². The van der Waals surface area contributed by atoms with Crippen LogP contribution in [0.5, 0.6) is 0 Å². The zero-order valence-electron chi connectivity index (χ0n) is 10.8. The average Bonchev–Trinajstić information content (AvgIpc) is 2.33. The molecule has 1 aliphatic rings. The van der Waals surface area contributed by atoms with Gasteiger partial charge in [-0.3, -0.25) is 0 Å². The Bertz CT molecular complexity index is 411. The maximum Gasteiger partial charge on any atom is 0.0634 e. The lowest BCUT2D eigenvalue weighted by molar-refractivity contribution is 0.0104. The molecule has 0 saturated heterocycles. The van der Waals surface area contributed by atoms with E-state index >= 15 is 0 Å². The number of hydrogen-bond acceptors (Lipinski definition) is 1. The average molecular weight is 287 g/mol. The summed E-state index contributed by atoms with van der Waals surface area (Å²) in [6.45, 7) is 2.20. The normalized spacial score (nSPS) is 20.7. The third-order valence-electron chi connectivity index (χ3n) is 4.23. The molecule has 0 spiro atoms. The van der Waals surface area contributed by atoms with Crippen molar-refractivity contribution < 1.29 is 5.11 Å². The van der Waals surface area contributed by atoms with E-state index in [0.29, 0.717) is 16.5 Å². The van der Waals surface area contributed by atoms with Crippen molar-refractivity contribution in [2.75, 3.05) is 0 Å². The summed E-state index contributed by atoms with van der Waals surface area (Å²) in [6.07, 6.45) is 6.26. The highest BCUT2D eigenvalue weighted by Gasteiger charge is 2.34. The van der Waals surface area contributed by atoms with Crippen molar-refractivity contribution in [3.05, 3.63) is 33.8 Å². The van der Waals surface area contributed by atoms with Crippen molar-refractivity contribution in [3.63, 3.8) is 0 Å². The van der Waals surface area contributed by atoms with Crippen molar-refractivity contribution in [2.24, 2.45) is 5.41 Å². The molecule has 18 heavy (non-hydrogen) atoms. The lowest BCUT2D eigenvalue weighted by Crippen LogP contribution is -2.35. The molecule has 0 aliphatic heterocycles. The van der Waals surface area contributed by atoms with Crippen LogP contribution in [0.2, 0.25) is 10.0 Å². The van der Waals surface area contributed by atoms with Crippen LogP contribution in [0, 0.1) is 5.41 Å². The Morgan fingerprint density at radius 3 is 2.50 bits per heavy atom. The van der Waals surface area contributed by atoms with E-state index in [1.807, 2.05) is 12.1 Å². The van der Waals surface area contributed by atoms with Gasteiger partial charge < -0.3 is 5.11 Å². The van der Waals surface area contributed by atoms with Crippen LogP contribution in [0.25, 0.3) is 0 Å². The van der Waals surface area contributed by atoms with E-state index in [2.05, 4.69) is 6.92 Å². The van der Waals surface area contributed by atoms with Gasteiger partial charge in [0.1, 0.15) is 0 Å². The predicted octanol–water partition coefficient (Wildman–Crippen LogP) is 4.87. The summed E-state index contributed by atoms with van der Waals surface area (Å²) >= 11 is 12.0. The number of halogens is 2. The molecule has 0 heterocycles. The maximum absolute atomic E-state index is 10.5. The van der Waals surface area contributed by atoms with Gasteiger partial charge in [-0.1, -0.05) is 55.5 Å². The molecule has 1 aromatic carbocycles. The lowest BCUT2D eigenvalue weighted by Gasteiger charge is -2.38. The summed E-state index contributed by atoms with van der Waals surface area (Å²) in [5.74, 6) is 0. The van der Waals surface area contributed by atoms with Gasteiger partial charge in [0.05, 0.1) is 6.10 Å². The molecule has 1 aromatic rings. The molecule has 1 atom stereocenters. The van der Waals surface area contributed by atoms with Gasteiger partial charge in [0.25, 0.3) is 0 Å². The number of rotatable bonds is 3. The standard InChI is InChI=1S/C15H20Cl2O/c1-15(7-3-2-4-8-15)14(18)9-11-5-6-12(16)10-13(11)17/h5-6,10,14,18H,2-4,7-9H2,1H3. The second-order valence-electron chi connectivity index (χ2n) is 5.67. The van der Waals surface area contributed by atoms with Gasteiger partial charge >= 0.3 is 0 Å². The van der Waals surface area contributed by atoms with Crippen LogP contribution in [0.3, 0.4) is 0 Å². The van der Waals surface area contributed by atoms with Crippen LogP contribution in [0.15, 0.2) is 18.2 Å². The highest BCUT2D eigenvalue weighted by molar-refractivity contribution is 6.35. The molecule has 2 rings (SSSR count). The minimum atomic E-state index is -0.323. The molecular weight excluding hydrogens is 267 g/mol. The molecule has 1 saturated carbocycles. The molecule has 1 unspecified atom stereocenters. The fourth-order valence-corrected chi connectivity index (χ4v) is 3.32. The number of aliphatic hydroxyl groups is 1. The van der Waals surface area contributed by atoms with Crippen LogP contribution in [-0.2, 0) is 6.42 Å². The molecule has 1 fully saturated rings. The zero-order chi connectivity index (χ0) is 13.2. The quantitative estimate of drug-likeness (QED) is 0.841. The monoisotopic (exact) mass is 286 g/mol. The zero-order valence-corrected chi connectivity index (χ0v) is 12.3. The molecule has 1 aliphatic carbocycles. The Balaban J connectivity index is 2.08. The Hall–Kier alpha value is -0.240. The Kier molecular flexibility index (Phi) is 4.58. The highest BCUT2D eigenvalue weighted by atomic mass is 35.5. The van der Waals surface area contributed by atoms with Gasteiger partial charge in [0.15, 0.2) is 0 Å². The topological polar surface area (TPSA) is 20.2 Å². The van der Waals surface area contributed by atoms with Gasteiger partial charge in [-0.15, -0.1) is 0 Å². The van der Waals surface area contributed by atoms with Crippen molar-refractivity contribution in [1.82, 2.24) is 0 Å². The van der Waals surface area contributed by atoms with E-state index < -0.39 is 0 Å². The van der Waals surface area contributed by atoms with E-state index in [1.54, 1.807) is 6.07 Å². The van der Waals surface area contributed by atoms with Crippen LogP contribution in [-0.4, -0.2) is 11.2 Å². The van der Waals surface area contributed by atoms with Crippen LogP contribution in [0.4, 0.5) is 0 Å². The first-order valence-corrected chi connectivity index (χ1v) is 7.39. The van der Waals surface area contributed by atoms with E-state index in [0.717, 1.165) is 18.4 Å². The Morgan fingerprint density at radius 2 is 1.89 bits per heavy atom. The van der Waals surface area contributed by atoms with Crippen molar-refractivity contribution >= 4 is 23.2 Å². The number of benzene rings is 1. The van der Waals surface area contributed by atoms with Gasteiger partial charge in [0, 0.05) is 16.5 Å². The molecule has 1 nitrogen and oxygen atoms in total. The Morgan fingerprint density at radius 1 is 1.22 bits per heavy atom. The Labute approximate surface area is 119 Å². The van der Waals surface area contributed by atoms with E-state index in [1.165, 1.54) is 19.3 Å². The van der Waals surface area contributed by atoms with Gasteiger partial charge in [-0.2, -0.15) is 0 Å². The van der Waals surface area contributed by atoms with Gasteiger partial charge in [0.2, 0.25) is 0 Å². The fraction of sp³-hybridized carbons (Fsp3) is 0.600. The van der Waals surface area contributed by atoms with Crippen LogP contribution >= 0.6 is 23.2 Å². The summed E-state index contributed by atoms with van der Waals surface area (Å²) in [7, 11) is 0. The second kappa shape index (κ2) is 5.81. The summed E-state index contributed by atoms with van der Waals surface area (Å²) < 4.78 is 0. The first kappa shape index (κ1) is 14.2. The summed E-state index contributed by atoms with van der Waals surface area (Å²) in [4.78, 5) is 0. The fourth-order valence-electron chi connectivity index (χ4n) is 2.83. The van der Waals surface area contributed by atoms with E-state index in [4.69, 9.17) is 23.2 Å². The third kappa shape index (κ3) is 3.20.